The second-order valence-electron chi connectivity index (χ2n) is 14.1. The summed E-state index contributed by atoms with van der Waals surface area (Å²) in [5, 5.41) is 4.92. The number of thiophene rings is 2. The normalized spacial score (nSPS) is 11.6. The summed E-state index contributed by atoms with van der Waals surface area (Å²) in [6.45, 7) is 0. The molecule has 3 heterocycles. The SMILES string of the molecule is c1ccc(-c2ccc(-c3cccc(-c4ccc5sc6cccc(-c7cc(-c8ccccc8)nc(-c8cccc9sc%10ccccc%10c89)n7)c6c5c4)c3)cc2)cc1. The van der Waals surface area contributed by atoms with Gasteiger partial charge in [0.2, 0.25) is 0 Å². The third-order valence-electron chi connectivity index (χ3n) is 10.7. The van der Waals surface area contributed by atoms with E-state index in [9.17, 15) is 0 Å². The van der Waals surface area contributed by atoms with Gasteiger partial charge in [-0.2, -0.15) is 0 Å². The van der Waals surface area contributed by atoms with E-state index in [4.69, 9.17) is 9.97 Å². The lowest BCUT2D eigenvalue weighted by Crippen LogP contribution is -1.96. The zero-order valence-corrected chi connectivity index (χ0v) is 31.8. The van der Waals surface area contributed by atoms with Gasteiger partial charge in [-0.1, -0.05) is 152 Å². The van der Waals surface area contributed by atoms with Crippen molar-refractivity contribution in [3.05, 3.63) is 194 Å². The van der Waals surface area contributed by atoms with Crippen LogP contribution in [0.3, 0.4) is 0 Å². The first-order valence-electron chi connectivity index (χ1n) is 18.8. The Morgan fingerprint density at radius 2 is 0.768 bits per heavy atom. The molecule has 0 aliphatic heterocycles. The van der Waals surface area contributed by atoms with E-state index in [2.05, 4.69) is 194 Å². The molecular formula is C52H32N2S2. The van der Waals surface area contributed by atoms with Crippen LogP contribution in [0.2, 0.25) is 0 Å². The average molecular weight is 749 g/mol. The number of nitrogens with zero attached hydrogens (tertiary/aromatic N) is 2. The minimum atomic E-state index is 0.737. The standard InChI is InChI=1S/C52H32N2S2/c1-3-12-33(13-4-1)34-24-26-35(27-25-34)37-16-9-17-38(30-37)39-28-29-47-43(31-39)50-40(19-10-22-48(50)56-47)45-32-44(36-14-5-2-6-15-36)53-52(54-45)42-20-11-23-49-51(42)41-18-7-8-21-46(41)55-49/h1-32H. The predicted molar refractivity (Wildman–Crippen MR) is 240 cm³/mol. The van der Waals surface area contributed by atoms with E-state index in [0.717, 1.165) is 33.9 Å². The van der Waals surface area contributed by atoms with Crippen molar-refractivity contribution in [2.24, 2.45) is 0 Å². The van der Waals surface area contributed by atoms with E-state index < -0.39 is 0 Å². The van der Waals surface area contributed by atoms with Crippen LogP contribution in [0.5, 0.6) is 0 Å². The first-order valence-corrected chi connectivity index (χ1v) is 20.4. The summed E-state index contributed by atoms with van der Waals surface area (Å²) in [5.41, 5.74) is 12.3. The molecule has 3 aromatic heterocycles. The van der Waals surface area contributed by atoms with Gasteiger partial charge in [0.1, 0.15) is 0 Å². The topological polar surface area (TPSA) is 25.8 Å². The largest absolute Gasteiger partial charge is 0.228 e. The molecule has 2 nitrogen and oxygen atoms in total. The van der Waals surface area contributed by atoms with Crippen molar-refractivity contribution in [2.75, 3.05) is 0 Å². The molecule has 8 aromatic carbocycles. The van der Waals surface area contributed by atoms with Crippen molar-refractivity contribution < 1.29 is 0 Å². The lowest BCUT2D eigenvalue weighted by Gasteiger charge is -2.12. The van der Waals surface area contributed by atoms with E-state index >= 15 is 0 Å². The predicted octanol–water partition coefficient (Wildman–Crippen LogP) is 15.2. The van der Waals surface area contributed by atoms with E-state index in [1.54, 1.807) is 0 Å². The quantitative estimate of drug-likeness (QED) is 0.169. The van der Waals surface area contributed by atoms with Gasteiger partial charge in [0.15, 0.2) is 5.82 Å². The maximum absolute atomic E-state index is 5.42. The number of benzene rings is 8. The molecule has 0 N–H and O–H groups in total. The van der Waals surface area contributed by atoms with Gasteiger partial charge >= 0.3 is 0 Å². The molecule has 4 heteroatoms. The van der Waals surface area contributed by atoms with E-state index in [-0.39, 0.29) is 0 Å². The van der Waals surface area contributed by atoms with Crippen molar-refractivity contribution in [3.63, 3.8) is 0 Å². The molecule has 262 valence electrons. The first-order chi connectivity index (χ1) is 27.7. The van der Waals surface area contributed by atoms with Gasteiger partial charge in [0.05, 0.1) is 11.4 Å². The molecule has 11 rings (SSSR count). The van der Waals surface area contributed by atoms with Crippen LogP contribution in [0.4, 0.5) is 0 Å². The third kappa shape index (κ3) is 5.70. The Kier molecular flexibility index (Phi) is 7.90. The lowest BCUT2D eigenvalue weighted by molar-refractivity contribution is 1.19. The van der Waals surface area contributed by atoms with E-state index in [1.807, 2.05) is 22.7 Å². The fraction of sp³-hybridized carbons (Fsp3) is 0. The monoisotopic (exact) mass is 748 g/mol. The molecule has 0 bridgehead atoms. The maximum Gasteiger partial charge on any atom is 0.161 e. The van der Waals surface area contributed by atoms with Gasteiger partial charge in [-0.25, -0.2) is 9.97 Å². The molecule has 56 heavy (non-hydrogen) atoms. The first kappa shape index (κ1) is 32.7. The summed E-state index contributed by atoms with van der Waals surface area (Å²) in [4.78, 5) is 10.7. The smallest absolute Gasteiger partial charge is 0.161 e. The van der Waals surface area contributed by atoms with Gasteiger partial charge < -0.3 is 0 Å². The molecule has 0 saturated carbocycles. The molecule has 0 amide bonds. The average Bonchev–Trinajstić information content (AvgIpc) is 3.85. The summed E-state index contributed by atoms with van der Waals surface area (Å²) in [6.07, 6.45) is 0. The summed E-state index contributed by atoms with van der Waals surface area (Å²) < 4.78 is 5.02. The fourth-order valence-corrected chi connectivity index (χ4v) is 10.3. The minimum Gasteiger partial charge on any atom is -0.228 e. The molecule has 0 aliphatic carbocycles. The van der Waals surface area contributed by atoms with Crippen LogP contribution in [0.25, 0.3) is 108 Å². The highest BCUT2D eigenvalue weighted by molar-refractivity contribution is 7.26. The number of fused-ring (bicyclic) bond motifs is 6. The highest BCUT2D eigenvalue weighted by Crippen LogP contribution is 2.44. The van der Waals surface area contributed by atoms with Crippen LogP contribution >= 0.6 is 22.7 Å². The molecule has 0 fully saturated rings. The van der Waals surface area contributed by atoms with Gasteiger partial charge in [0, 0.05) is 57.0 Å². The summed E-state index contributed by atoms with van der Waals surface area (Å²) in [7, 11) is 0. The van der Waals surface area contributed by atoms with Crippen LogP contribution in [-0.2, 0) is 0 Å². The van der Waals surface area contributed by atoms with Crippen molar-refractivity contribution in [2.45, 2.75) is 0 Å². The number of aromatic nitrogens is 2. The second kappa shape index (κ2) is 13.5. The van der Waals surface area contributed by atoms with Crippen LogP contribution < -0.4 is 0 Å². The second-order valence-corrected chi connectivity index (χ2v) is 16.3. The van der Waals surface area contributed by atoms with Crippen molar-refractivity contribution in [3.8, 4) is 67.3 Å². The Bertz CT molecular complexity index is 3230. The zero-order chi connectivity index (χ0) is 37.0. The van der Waals surface area contributed by atoms with Crippen molar-refractivity contribution >= 4 is 63.0 Å². The van der Waals surface area contributed by atoms with Gasteiger partial charge in [-0.3, -0.25) is 0 Å². The highest BCUT2D eigenvalue weighted by Gasteiger charge is 2.19. The van der Waals surface area contributed by atoms with Gasteiger partial charge in [-0.15, -0.1) is 22.7 Å². The third-order valence-corrected chi connectivity index (χ3v) is 13.0. The fourth-order valence-electron chi connectivity index (χ4n) is 8.01. The minimum absolute atomic E-state index is 0.737. The molecule has 0 atom stereocenters. The number of hydrogen-bond donors (Lipinski definition) is 0. The van der Waals surface area contributed by atoms with Crippen LogP contribution in [0.15, 0.2) is 194 Å². The van der Waals surface area contributed by atoms with Crippen LogP contribution in [0, 0.1) is 0 Å². The summed E-state index contributed by atoms with van der Waals surface area (Å²) in [5.74, 6) is 0.737. The number of hydrogen-bond acceptors (Lipinski definition) is 4. The molecular weight excluding hydrogens is 717 g/mol. The Labute approximate surface area is 332 Å². The molecule has 0 radical (unpaired) electrons. The molecule has 0 unspecified atom stereocenters. The molecule has 0 aliphatic rings. The highest BCUT2D eigenvalue weighted by atomic mass is 32.1. The van der Waals surface area contributed by atoms with Crippen LogP contribution in [0.1, 0.15) is 0 Å². The Morgan fingerprint density at radius 3 is 1.52 bits per heavy atom. The Balaban J connectivity index is 1.05. The Morgan fingerprint density at radius 1 is 0.286 bits per heavy atom. The summed E-state index contributed by atoms with van der Waals surface area (Å²) >= 11 is 3.66. The van der Waals surface area contributed by atoms with Gasteiger partial charge in [-0.05, 0) is 75.8 Å². The number of rotatable bonds is 6. The Hall–Kier alpha value is -6.72. The van der Waals surface area contributed by atoms with Gasteiger partial charge in [0.25, 0.3) is 0 Å². The van der Waals surface area contributed by atoms with E-state index in [1.165, 1.54) is 73.7 Å². The molecule has 11 aromatic rings. The molecule has 0 saturated heterocycles. The van der Waals surface area contributed by atoms with Crippen molar-refractivity contribution in [1.29, 1.82) is 0 Å². The summed E-state index contributed by atoms with van der Waals surface area (Å²) in [6, 6.07) is 69.7. The zero-order valence-electron chi connectivity index (χ0n) is 30.2. The molecule has 0 spiro atoms. The van der Waals surface area contributed by atoms with E-state index in [0.29, 0.717) is 0 Å². The van der Waals surface area contributed by atoms with Crippen LogP contribution in [-0.4, -0.2) is 9.97 Å². The lowest BCUT2D eigenvalue weighted by atomic mass is 9.96. The maximum atomic E-state index is 5.42. The van der Waals surface area contributed by atoms with Crippen molar-refractivity contribution in [1.82, 2.24) is 9.97 Å².